The lowest BCUT2D eigenvalue weighted by molar-refractivity contribution is -0.126. The molecule has 2 N–H and O–H groups in total. The van der Waals surface area contributed by atoms with Gasteiger partial charge >= 0.3 is 0 Å². The highest BCUT2D eigenvalue weighted by molar-refractivity contribution is 5.81. The Morgan fingerprint density at radius 1 is 1.25 bits per heavy atom. The SMILES string of the molecule is CC(C)NC(=O)C(C)N1CC2CNCC2C1. The second-order valence-electron chi connectivity index (χ2n) is 5.47. The van der Waals surface area contributed by atoms with Gasteiger partial charge in [0.25, 0.3) is 0 Å². The van der Waals surface area contributed by atoms with Crippen LogP contribution in [0, 0.1) is 11.8 Å². The molecule has 0 aromatic carbocycles. The van der Waals surface area contributed by atoms with Crippen LogP contribution in [-0.2, 0) is 4.79 Å². The Balaban J connectivity index is 1.86. The molecular weight excluding hydrogens is 202 g/mol. The molecule has 0 bridgehead atoms. The molecule has 2 heterocycles. The fourth-order valence-corrected chi connectivity index (χ4v) is 2.78. The molecule has 0 radical (unpaired) electrons. The summed E-state index contributed by atoms with van der Waals surface area (Å²) < 4.78 is 0. The van der Waals surface area contributed by atoms with Gasteiger partial charge in [-0.1, -0.05) is 0 Å². The van der Waals surface area contributed by atoms with Crippen molar-refractivity contribution in [3.8, 4) is 0 Å². The molecule has 0 aromatic heterocycles. The van der Waals surface area contributed by atoms with E-state index >= 15 is 0 Å². The van der Waals surface area contributed by atoms with Crippen LogP contribution in [0.1, 0.15) is 20.8 Å². The molecular formula is C12H23N3O. The monoisotopic (exact) mass is 225 g/mol. The maximum atomic E-state index is 11.9. The van der Waals surface area contributed by atoms with Gasteiger partial charge in [0, 0.05) is 19.1 Å². The average Bonchev–Trinajstić information content (AvgIpc) is 2.74. The number of carbonyl (C=O) groups is 1. The molecule has 4 heteroatoms. The van der Waals surface area contributed by atoms with E-state index in [1.54, 1.807) is 0 Å². The van der Waals surface area contributed by atoms with E-state index in [2.05, 4.69) is 15.5 Å². The molecule has 0 aromatic rings. The Bertz CT molecular complexity index is 255. The Morgan fingerprint density at radius 2 is 1.81 bits per heavy atom. The highest BCUT2D eigenvalue weighted by Crippen LogP contribution is 2.27. The maximum Gasteiger partial charge on any atom is 0.237 e. The van der Waals surface area contributed by atoms with E-state index in [1.807, 2.05) is 20.8 Å². The quantitative estimate of drug-likeness (QED) is 0.713. The minimum atomic E-state index is 0.0213. The van der Waals surface area contributed by atoms with E-state index in [-0.39, 0.29) is 18.0 Å². The summed E-state index contributed by atoms with van der Waals surface area (Å²) in [5.74, 6) is 1.69. The van der Waals surface area contributed by atoms with Crippen LogP contribution in [0.2, 0.25) is 0 Å². The van der Waals surface area contributed by atoms with Crippen LogP contribution in [0.5, 0.6) is 0 Å². The number of carbonyl (C=O) groups excluding carboxylic acids is 1. The molecule has 92 valence electrons. The van der Waals surface area contributed by atoms with Gasteiger partial charge in [0.05, 0.1) is 6.04 Å². The summed E-state index contributed by atoms with van der Waals surface area (Å²) in [7, 11) is 0. The third-order valence-electron chi connectivity index (χ3n) is 3.78. The molecule has 2 aliphatic rings. The van der Waals surface area contributed by atoms with Crippen LogP contribution < -0.4 is 10.6 Å². The highest BCUT2D eigenvalue weighted by Gasteiger charge is 2.39. The second-order valence-corrected chi connectivity index (χ2v) is 5.47. The van der Waals surface area contributed by atoms with Crippen molar-refractivity contribution >= 4 is 5.91 Å². The number of amides is 1. The number of nitrogens with zero attached hydrogens (tertiary/aromatic N) is 1. The molecule has 3 atom stereocenters. The van der Waals surface area contributed by atoms with Crippen LogP contribution in [-0.4, -0.2) is 49.1 Å². The fraction of sp³-hybridized carbons (Fsp3) is 0.917. The predicted molar refractivity (Wildman–Crippen MR) is 64.2 cm³/mol. The van der Waals surface area contributed by atoms with Crippen molar-refractivity contribution in [3.05, 3.63) is 0 Å². The van der Waals surface area contributed by atoms with E-state index in [0.717, 1.165) is 38.0 Å². The Morgan fingerprint density at radius 3 is 2.31 bits per heavy atom. The standard InChI is InChI=1S/C12H23N3O/c1-8(2)14-12(16)9(3)15-6-10-4-13-5-11(10)7-15/h8-11,13H,4-7H2,1-3H3,(H,14,16). The number of rotatable bonds is 3. The predicted octanol–water partition coefficient (Wildman–Crippen LogP) is 0.0507. The summed E-state index contributed by atoms with van der Waals surface area (Å²) >= 11 is 0. The van der Waals surface area contributed by atoms with Crippen molar-refractivity contribution in [1.29, 1.82) is 0 Å². The van der Waals surface area contributed by atoms with Gasteiger partial charge in [0.1, 0.15) is 0 Å². The van der Waals surface area contributed by atoms with Gasteiger partial charge < -0.3 is 10.6 Å². The summed E-state index contributed by atoms with van der Waals surface area (Å²) in [4.78, 5) is 14.2. The van der Waals surface area contributed by atoms with Gasteiger partial charge in [-0.2, -0.15) is 0 Å². The lowest BCUT2D eigenvalue weighted by Crippen LogP contribution is -2.46. The first-order chi connectivity index (χ1) is 7.58. The number of fused-ring (bicyclic) bond motifs is 1. The summed E-state index contributed by atoms with van der Waals surface area (Å²) in [5.41, 5.74) is 0. The third kappa shape index (κ3) is 2.38. The first-order valence-corrected chi connectivity index (χ1v) is 6.33. The zero-order valence-electron chi connectivity index (χ0n) is 10.5. The highest BCUT2D eigenvalue weighted by atomic mass is 16.2. The lowest BCUT2D eigenvalue weighted by Gasteiger charge is -2.25. The van der Waals surface area contributed by atoms with Crippen molar-refractivity contribution in [2.45, 2.75) is 32.9 Å². The van der Waals surface area contributed by atoms with E-state index in [0.29, 0.717) is 0 Å². The minimum Gasteiger partial charge on any atom is -0.353 e. The van der Waals surface area contributed by atoms with Crippen molar-refractivity contribution < 1.29 is 4.79 Å². The summed E-state index contributed by atoms with van der Waals surface area (Å²) in [5, 5.41) is 6.41. The lowest BCUT2D eigenvalue weighted by atomic mass is 10.0. The smallest absolute Gasteiger partial charge is 0.237 e. The molecule has 2 rings (SSSR count). The topological polar surface area (TPSA) is 44.4 Å². The van der Waals surface area contributed by atoms with Gasteiger partial charge in [0.15, 0.2) is 0 Å². The molecule has 16 heavy (non-hydrogen) atoms. The van der Waals surface area contributed by atoms with Crippen LogP contribution >= 0.6 is 0 Å². The summed E-state index contributed by atoms with van der Waals surface area (Å²) in [6.45, 7) is 10.4. The Labute approximate surface area is 97.8 Å². The molecule has 4 nitrogen and oxygen atoms in total. The largest absolute Gasteiger partial charge is 0.353 e. The molecule has 2 saturated heterocycles. The molecule has 2 fully saturated rings. The first kappa shape index (κ1) is 11.9. The van der Waals surface area contributed by atoms with Gasteiger partial charge in [-0.05, 0) is 45.7 Å². The van der Waals surface area contributed by atoms with Crippen molar-refractivity contribution in [3.63, 3.8) is 0 Å². The average molecular weight is 225 g/mol. The van der Waals surface area contributed by atoms with Crippen LogP contribution in [0.25, 0.3) is 0 Å². The number of likely N-dealkylation sites (tertiary alicyclic amines) is 1. The van der Waals surface area contributed by atoms with E-state index in [1.165, 1.54) is 0 Å². The van der Waals surface area contributed by atoms with Gasteiger partial charge in [0.2, 0.25) is 5.91 Å². The summed E-state index contributed by atoms with van der Waals surface area (Å²) in [6, 6.07) is 0.256. The first-order valence-electron chi connectivity index (χ1n) is 6.33. The number of hydrogen-bond acceptors (Lipinski definition) is 3. The molecule has 0 saturated carbocycles. The minimum absolute atomic E-state index is 0.0213. The Kier molecular flexibility index (Phi) is 3.50. The van der Waals surface area contributed by atoms with Gasteiger partial charge in [-0.3, -0.25) is 9.69 Å². The molecule has 1 amide bonds. The Hall–Kier alpha value is -0.610. The van der Waals surface area contributed by atoms with Crippen molar-refractivity contribution in [2.24, 2.45) is 11.8 Å². The molecule has 0 aliphatic carbocycles. The second kappa shape index (κ2) is 4.72. The molecule has 0 spiro atoms. The number of hydrogen-bond donors (Lipinski definition) is 2. The number of nitrogens with one attached hydrogen (secondary N) is 2. The fourth-order valence-electron chi connectivity index (χ4n) is 2.78. The maximum absolute atomic E-state index is 11.9. The van der Waals surface area contributed by atoms with E-state index in [4.69, 9.17) is 0 Å². The van der Waals surface area contributed by atoms with Gasteiger partial charge in [-0.25, -0.2) is 0 Å². The molecule has 3 unspecified atom stereocenters. The third-order valence-corrected chi connectivity index (χ3v) is 3.78. The normalized spacial score (nSPS) is 31.8. The van der Waals surface area contributed by atoms with E-state index < -0.39 is 0 Å². The van der Waals surface area contributed by atoms with E-state index in [9.17, 15) is 4.79 Å². The van der Waals surface area contributed by atoms with Crippen molar-refractivity contribution in [2.75, 3.05) is 26.2 Å². The molecule has 2 aliphatic heterocycles. The summed E-state index contributed by atoms with van der Waals surface area (Å²) in [6.07, 6.45) is 0. The van der Waals surface area contributed by atoms with Crippen LogP contribution in [0.4, 0.5) is 0 Å². The zero-order valence-corrected chi connectivity index (χ0v) is 10.5. The van der Waals surface area contributed by atoms with Crippen LogP contribution in [0.15, 0.2) is 0 Å². The van der Waals surface area contributed by atoms with Crippen molar-refractivity contribution in [1.82, 2.24) is 15.5 Å². The zero-order chi connectivity index (χ0) is 11.7. The van der Waals surface area contributed by atoms with Crippen LogP contribution in [0.3, 0.4) is 0 Å². The van der Waals surface area contributed by atoms with Gasteiger partial charge in [-0.15, -0.1) is 0 Å².